The summed E-state index contributed by atoms with van der Waals surface area (Å²) in [5, 5.41) is 21.3. The lowest BCUT2D eigenvalue weighted by Gasteiger charge is -2.31. The maximum absolute atomic E-state index is 13.2. The first kappa shape index (κ1) is 23.2. The summed E-state index contributed by atoms with van der Waals surface area (Å²) >= 11 is 6.17. The van der Waals surface area contributed by atoms with Crippen LogP contribution in [0.25, 0.3) is 5.76 Å². The number of hydrogen-bond acceptors (Lipinski definition) is 5. The van der Waals surface area contributed by atoms with E-state index in [1.807, 2.05) is 13.8 Å². The zero-order valence-electron chi connectivity index (χ0n) is 18.8. The highest BCUT2D eigenvalue weighted by Crippen LogP contribution is 2.44. The maximum Gasteiger partial charge on any atom is 0.295 e. The van der Waals surface area contributed by atoms with E-state index in [0.717, 1.165) is 37.7 Å². The molecule has 2 aliphatic rings. The van der Waals surface area contributed by atoms with Crippen molar-refractivity contribution in [2.75, 3.05) is 6.61 Å². The van der Waals surface area contributed by atoms with Crippen molar-refractivity contribution in [3.8, 4) is 11.5 Å². The van der Waals surface area contributed by atoms with E-state index < -0.39 is 17.7 Å². The lowest BCUT2D eigenvalue weighted by molar-refractivity contribution is -0.141. The van der Waals surface area contributed by atoms with Crippen LogP contribution in [0.2, 0.25) is 5.02 Å². The Hall–Kier alpha value is -2.99. The number of carbonyl (C=O) groups excluding carboxylic acids is 2. The number of carbonyl (C=O) groups is 2. The first-order valence-electron chi connectivity index (χ1n) is 11.4. The Morgan fingerprint density at radius 2 is 1.88 bits per heavy atom. The molecule has 7 heteroatoms. The van der Waals surface area contributed by atoms with Crippen molar-refractivity contribution < 1.29 is 24.5 Å². The summed E-state index contributed by atoms with van der Waals surface area (Å²) in [7, 11) is 0. The number of ketones is 1. The van der Waals surface area contributed by atoms with E-state index >= 15 is 0 Å². The van der Waals surface area contributed by atoms with Gasteiger partial charge in [-0.15, -0.1) is 0 Å². The molecular formula is C26H28ClNO5. The first-order valence-corrected chi connectivity index (χ1v) is 11.7. The minimum Gasteiger partial charge on any atom is -0.507 e. The van der Waals surface area contributed by atoms with E-state index in [9.17, 15) is 19.8 Å². The summed E-state index contributed by atoms with van der Waals surface area (Å²) in [6.45, 7) is 4.48. The third-order valence-electron chi connectivity index (χ3n) is 6.40. The van der Waals surface area contributed by atoms with Crippen LogP contribution in [0, 0.1) is 6.92 Å². The van der Waals surface area contributed by atoms with Gasteiger partial charge in [-0.1, -0.05) is 37.4 Å². The molecule has 0 aromatic heterocycles. The largest absolute Gasteiger partial charge is 0.507 e. The number of rotatable bonds is 6. The number of aliphatic hydroxyl groups excluding tert-OH is 1. The van der Waals surface area contributed by atoms with Crippen molar-refractivity contribution in [1.29, 1.82) is 0 Å². The van der Waals surface area contributed by atoms with Gasteiger partial charge in [-0.2, -0.15) is 0 Å². The number of aryl methyl sites for hydroxylation is 1. The van der Waals surface area contributed by atoms with Crippen molar-refractivity contribution in [3.05, 3.63) is 63.7 Å². The zero-order chi connectivity index (χ0) is 23.7. The predicted octanol–water partition coefficient (Wildman–Crippen LogP) is 5.51. The van der Waals surface area contributed by atoms with Gasteiger partial charge in [0, 0.05) is 11.6 Å². The Bertz CT molecular complexity index is 1120. The zero-order valence-corrected chi connectivity index (χ0v) is 19.6. The summed E-state index contributed by atoms with van der Waals surface area (Å²) in [6.07, 6.45) is 4.45. The average Bonchev–Trinajstić information content (AvgIpc) is 3.41. The van der Waals surface area contributed by atoms with Crippen LogP contribution in [0.15, 0.2) is 42.0 Å². The standard InChI is InChI=1S/C26H28ClNO5/c1-3-12-33-21-11-9-17(13-15(21)2)24(30)22-23(16-8-10-20(29)19(27)14-16)28(26(32)25(22)31)18-6-4-5-7-18/h8-11,13-14,18,23,29-30H,3-7,12H2,1-2H3/b24-22-. The fraction of sp³-hybridized carbons (Fsp3) is 0.385. The Morgan fingerprint density at radius 3 is 2.52 bits per heavy atom. The summed E-state index contributed by atoms with van der Waals surface area (Å²) in [4.78, 5) is 27.9. The smallest absolute Gasteiger partial charge is 0.295 e. The lowest BCUT2D eigenvalue weighted by atomic mass is 9.94. The molecule has 1 saturated heterocycles. The third kappa shape index (κ3) is 4.32. The number of likely N-dealkylation sites (tertiary alicyclic amines) is 1. The SMILES string of the molecule is CCCOc1ccc(/C(O)=C2/C(=O)C(=O)N(C3CCCC3)C2c2ccc(O)c(Cl)c2)cc1C. The fourth-order valence-corrected chi connectivity index (χ4v) is 4.94. The molecule has 0 radical (unpaired) electrons. The van der Waals surface area contributed by atoms with Gasteiger partial charge < -0.3 is 19.8 Å². The number of ether oxygens (including phenoxy) is 1. The molecular weight excluding hydrogens is 442 g/mol. The molecule has 174 valence electrons. The number of halogens is 1. The normalized spacial score (nSPS) is 20.6. The molecule has 1 heterocycles. The molecule has 0 bridgehead atoms. The quantitative estimate of drug-likeness (QED) is 0.331. The summed E-state index contributed by atoms with van der Waals surface area (Å²) in [6, 6.07) is 8.98. The van der Waals surface area contributed by atoms with Gasteiger partial charge in [0.25, 0.3) is 11.7 Å². The van der Waals surface area contributed by atoms with E-state index in [2.05, 4.69) is 0 Å². The molecule has 1 aliphatic carbocycles. The second-order valence-corrected chi connectivity index (χ2v) is 9.09. The number of benzene rings is 2. The number of aliphatic hydroxyl groups is 1. The van der Waals surface area contributed by atoms with Crippen molar-refractivity contribution in [1.82, 2.24) is 4.90 Å². The van der Waals surface area contributed by atoms with Gasteiger partial charge in [-0.05, 0) is 67.6 Å². The van der Waals surface area contributed by atoms with E-state index in [1.165, 1.54) is 6.07 Å². The Morgan fingerprint density at radius 1 is 1.15 bits per heavy atom. The fourth-order valence-electron chi connectivity index (χ4n) is 4.76. The highest BCUT2D eigenvalue weighted by Gasteiger charge is 2.49. The number of phenolic OH excluding ortho intramolecular Hbond substituents is 1. The molecule has 2 fully saturated rings. The lowest BCUT2D eigenvalue weighted by Crippen LogP contribution is -2.37. The third-order valence-corrected chi connectivity index (χ3v) is 6.70. The minimum atomic E-state index is -0.775. The second kappa shape index (κ2) is 9.48. The highest BCUT2D eigenvalue weighted by molar-refractivity contribution is 6.46. The van der Waals surface area contributed by atoms with E-state index in [1.54, 1.807) is 35.2 Å². The van der Waals surface area contributed by atoms with E-state index in [-0.39, 0.29) is 28.1 Å². The van der Waals surface area contributed by atoms with Gasteiger partial charge in [0.05, 0.1) is 23.2 Å². The molecule has 1 saturated carbocycles. The van der Waals surface area contributed by atoms with Gasteiger partial charge >= 0.3 is 0 Å². The Balaban J connectivity index is 1.83. The van der Waals surface area contributed by atoms with Gasteiger partial charge in [0.1, 0.15) is 17.3 Å². The van der Waals surface area contributed by atoms with Crippen LogP contribution in [-0.4, -0.2) is 39.5 Å². The Labute approximate surface area is 198 Å². The van der Waals surface area contributed by atoms with Crippen LogP contribution in [-0.2, 0) is 9.59 Å². The molecule has 1 unspecified atom stereocenters. The van der Waals surface area contributed by atoms with Crippen LogP contribution in [0.4, 0.5) is 0 Å². The minimum absolute atomic E-state index is 0.0373. The number of aromatic hydroxyl groups is 1. The molecule has 4 rings (SSSR count). The molecule has 0 spiro atoms. The number of amides is 1. The predicted molar refractivity (Wildman–Crippen MR) is 126 cm³/mol. The van der Waals surface area contributed by atoms with Gasteiger partial charge in [0.2, 0.25) is 0 Å². The number of nitrogens with zero attached hydrogens (tertiary/aromatic N) is 1. The summed E-state index contributed by atoms with van der Waals surface area (Å²) in [5.74, 6) is -0.929. The molecule has 33 heavy (non-hydrogen) atoms. The molecule has 1 amide bonds. The van der Waals surface area contributed by atoms with Crippen LogP contribution < -0.4 is 4.74 Å². The second-order valence-electron chi connectivity index (χ2n) is 8.68. The monoisotopic (exact) mass is 469 g/mol. The van der Waals surface area contributed by atoms with E-state index in [0.29, 0.717) is 23.5 Å². The van der Waals surface area contributed by atoms with Crippen LogP contribution in [0.5, 0.6) is 11.5 Å². The average molecular weight is 470 g/mol. The molecule has 2 aromatic carbocycles. The molecule has 1 aliphatic heterocycles. The number of Topliss-reactive ketones (excluding diaryl/α,β-unsaturated/α-hetero) is 1. The highest BCUT2D eigenvalue weighted by atomic mass is 35.5. The van der Waals surface area contributed by atoms with E-state index in [4.69, 9.17) is 16.3 Å². The summed E-state index contributed by atoms with van der Waals surface area (Å²) < 4.78 is 5.72. The number of hydrogen-bond donors (Lipinski definition) is 2. The van der Waals surface area contributed by atoms with Crippen LogP contribution >= 0.6 is 11.6 Å². The maximum atomic E-state index is 13.2. The molecule has 1 atom stereocenters. The Kier molecular flexibility index (Phi) is 6.66. The van der Waals surface area contributed by atoms with Crippen molar-refractivity contribution in [2.45, 2.75) is 58.0 Å². The van der Waals surface area contributed by atoms with Crippen molar-refractivity contribution >= 4 is 29.1 Å². The molecule has 2 N–H and O–H groups in total. The van der Waals surface area contributed by atoms with Gasteiger partial charge in [-0.25, -0.2) is 0 Å². The van der Waals surface area contributed by atoms with Crippen LogP contribution in [0.3, 0.4) is 0 Å². The van der Waals surface area contributed by atoms with Crippen molar-refractivity contribution in [3.63, 3.8) is 0 Å². The first-order chi connectivity index (χ1) is 15.8. The van der Waals surface area contributed by atoms with Crippen molar-refractivity contribution in [2.24, 2.45) is 0 Å². The van der Waals surface area contributed by atoms with Gasteiger partial charge in [-0.3, -0.25) is 9.59 Å². The molecule has 2 aromatic rings. The van der Waals surface area contributed by atoms with Crippen LogP contribution in [0.1, 0.15) is 61.8 Å². The van der Waals surface area contributed by atoms with Gasteiger partial charge in [0.15, 0.2) is 0 Å². The number of phenols is 1. The summed E-state index contributed by atoms with van der Waals surface area (Å²) in [5.41, 5.74) is 1.87. The topological polar surface area (TPSA) is 87.1 Å². The molecule has 6 nitrogen and oxygen atoms in total.